The highest BCUT2D eigenvalue weighted by atomic mass is 19.1. The number of hydrogen-bond acceptors (Lipinski definition) is 4. The van der Waals surface area contributed by atoms with Gasteiger partial charge in [-0.05, 0) is 60.7 Å². The van der Waals surface area contributed by atoms with Gasteiger partial charge in [0.15, 0.2) is 0 Å². The molecule has 3 aromatic rings. The average molecular weight is 465 g/mol. The van der Waals surface area contributed by atoms with Crippen molar-refractivity contribution in [3.05, 3.63) is 89.5 Å². The Hall–Kier alpha value is -3.58. The van der Waals surface area contributed by atoms with Crippen LogP contribution in [-0.4, -0.2) is 31.6 Å². The second kappa shape index (κ2) is 11.0. The van der Waals surface area contributed by atoms with E-state index in [1.165, 1.54) is 18.2 Å². The summed E-state index contributed by atoms with van der Waals surface area (Å²) < 4.78 is 38.4. The highest BCUT2D eigenvalue weighted by Gasteiger charge is 2.24. The fourth-order valence-electron chi connectivity index (χ4n) is 3.93. The van der Waals surface area contributed by atoms with E-state index in [-0.39, 0.29) is 18.2 Å². The number of nitrogens with zero attached hydrogens (tertiary/aromatic N) is 1. The van der Waals surface area contributed by atoms with Crippen molar-refractivity contribution < 1.29 is 23.0 Å². The molecule has 0 saturated carbocycles. The summed E-state index contributed by atoms with van der Waals surface area (Å²) in [7, 11) is 0. The first-order chi connectivity index (χ1) is 16.5. The fraction of sp³-hybridized carbons (Fsp3) is 0.259. The number of ether oxygens (including phenoxy) is 2. The number of carbonyl (C=O) groups is 1. The van der Waals surface area contributed by atoms with Gasteiger partial charge in [-0.2, -0.15) is 0 Å². The Morgan fingerprint density at radius 3 is 2.26 bits per heavy atom. The Morgan fingerprint density at radius 1 is 0.971 bits per heavy atom. The number of anilines is 1. The Balaban J connectivity index is 1.38. The Kier molecular flexibility index (Phi) is 7.65. The van der Waals surface area contributed by atoms with Gasteiger partial charge in [0, 0.05) is 18.0 Å². The summed E-state index contributed by atoms with van der Waals surface area (Å²) in [5.74, 6) is -1.15. The molecule has 1 N–H and O–H groups in total. The van der Waals surface area contributed by atoms with Gasteiger partial charge in [0.05, 0.1) is 18.2 Å². The summed E-state index contributed by atoms with van der Waals surface area (Å²) in [6, 6.07) is 19.2. The molecule has 176 valence electrons. The number of benzene rings is 3. The van der Waals surface area contributed by atoms with E-state index in [1.54, 1.807) is 0 Å². The van der Waals surface area contributed by atoms with E-state index in [9.17, 15) is 13.6 Å². The zero-order valence-corrected chi connectivity index (χ0v) is 18.9. The molecule has 7 heteroatoms. The molecule has 1 aliphatic heterocycles. The van der Waals surface area contributed by atoms with Gasteiger partial charge in [0.1, 0.15) is 18.2 Å². The lowest BCUT2D eigenvalue weighted by molar-refractivity contribution is 0.0850. The number of halogens is 2. The maximum absolute atomic E-state index is 14.1. The van der Waals surface area contributed by atoms with Crippen LogP contribution in [0.5, 0.6) is 0 Å². The summed E-state index contributed by atoms with van der Waals surface area (Å²) in [5, 5.41) is 2.68. The maximum Gasteiger partial charge on any atom is 0.411 e. The van der Waals surface area contributed by atoms with Gasteiger partial charge in [0.25, 0.3) is 0 Å². The minimum absolute atomic E-state index is 0.0199. The molecule has 1 unspecified atom stereocenters. The van der Waals surface area contributed by atoms with Crippen molar-refractivity contribution >= 4 is 17.5 Å². The smallest absolute Gasteiger partial charge is 0.411 e. The molecule has 5 nitrogen and oxygen atoms in total. The molecule has 34 heavy (non-hydrogen) atoms. The Morgan fingerprint density at radius 2 is 1.62 bits per heavy atom. The van der Waals surface area contributed by atoms with Gasteiger partial charge in [-0.25, -0.2) is 13.6 Å². The van der Waals surface area contributed by atoms with Crippen LogP contribution in [-0.2, 0) is 9.47 Å². The first-order valence-electron chi connectivity index (χ1n) is 11.3. The second-order valence-corrected chi connectivity index (χ2v) is 7.88. The zero-order valence-electron chi connectivity index (χ0n) is 18.9. The monoisotopic (exact) mass is 464 g/mol. The third-order valence-electron chi connectivity index (χ3n) is 5.64. The molecule has 1 atom stereocenters. The van der Waals surface area contributed by atoms with Crippen LogP contribution in [0.2, 0.25) is 0 Å². The Labute approximate surface area is 197 Å². The molecule has 0 aliphatic carbocycles. The summed E-state index contributed by atoms with van der Waals surface area (Å²) >= 11 is 0. The van der Waals surface area contributed by atoms with Crippen LogP contribution >= 0.6 is 0 Å². The van der Waals surface area contributed by atoms with Crippen molar-refractivity contribution in [1.29, 1.82) is 0 Å². The van der Waals surface area contributed by atoms with Crippen LogP contribution in [0.15, 0.2) is 71.7 Å². The van der Waals surface area contributed by atoms with Crippen LogP contribution in [0.1, 0.15) is 36.9 Å². The van der Waals surface area contributed by atoms with Crippen LogP contribution in [0, 0.1) is 11.6 Å². The van der Waals surface area contributed by atoms with Crippen LogP contribution in [0.25, 0.3) is 11.1 Å². The van der Waals surface area contributed by atoms with Crippen LogP contribution in [0.4, 0.5) is 19.3 Å². The number of amides is 1. The van der Waals surface area contributed by atoms with Gasteiger partial charge in [-0.3, -0.25) is 10.3 Å². The minimum atomic E-state index is -0.577. The van der Waals surface area contributed by atoms with E-state index in [0.717, 1.165) is 16.7 Å². The lowest BCUT2D eigenvalue weighted by atomic mass is 9.99. The summed E-state index contributed by atoms with van der Waals surface area (Å²) in [5.41, 5.74) is 4.10. The lowest BCUT2D eigenvalue weighted by Crippen LogP contribution is -2.16. The molecule has 0 spiro atoms. The minimum Gasteiger partial charge on any atom is -0.447 e. The number of rotatable bonds is 8. The Bertz CT molecular complexity index is 1140. The normalized spacial score (nSPS) is 15.1. The standard InChI is InChI=1S/C27H26F2N2O3/c1-2-33-16-17-34-27(32)30-21-12-10-19(11-13-21)18-6-8-20(9-7-18)24-14-15-25(31-24)26-22(28)4-3-5-23(26)29/h3-13,24H,2,14-17H2,1H3,(H,30,32). The molecule has 1 aliphatic rings. The zero-order chi connectivity index (χ0) is 23.9. The number of aliphatic imine (C=N–C) groups is 1. The maximum atomic E-state index is 14.1. The number of hydrogen-bond donors (Lipinski definition) is 1. The van der Waals surface area contributed by atoms with E-state index in [0.29, 0.717) is 37.5 Å². The number of carbonyl (C=O) groups excluding carboxylic acids is 1. The van der Waals surface area contributed by atoms with Crippen molar-refractivity contribution in [3.8, 4) is 11.1 Å². The van der Waals surface area contributed by atoms with E-state index in [1.807, 2.05) is 55.5 Å². The molecule has 0 bridgehead atoms. The number of nitrogens with one attached hydrogen (secondary N) is 1. The van der Waals surface area contributed by atoms with Crippen molar-refractivity contribution in [2.24, 2.45) is 4.99 Å². The highest BCUT2D eigenvalue weighted by Crippen LogP contribution is 2.33. The van der Waals surface area contributed by atoms with Gasteiger partial charge in [0.2, 0.25) is 0 Å². The molecule has 0 fully saturated rings. The van der Waals surface area contributed by atoms with E-state index < -0.39 is 17.7 Å². The van der Waals surface area contributed by atoms with Crippen molar-refractivity contribution in [2.45, 2.75) is 25.8 Å². The van der Waals surface area contributed by atoms with Gasteiger partial charge < -0.3 is 9.47 Å². The highest BCUT2D eigenvalue weighted by molar-refractivity contribution is 6.02. The van der Waals surface area contributed by atoms with Crippen molar-refractivity contribution in [3.63, 3.8) is 0 Å². The van der Waals surface area contributed by atoms with Crippen molar-refractivity contribution in [1.82, 2.24) is 0 Å². The predicted octanol–water partition coefficient (Wildman–Crippen LogP) is 6.54. The third-order valence-corrected chi connectivity index (χ3v) is 5.64. The van der Waals surface area contributed by atoms with Crippen molar-refractivity contribution in [2.75, 3.05) is 25.1 Å². The van der Waals surface area contributed by atoms with Gasteiger partial charge >= 0.3 is 6.09 Å². The molecule has 4 rings (SSSR count). The largest absolute Gasteiger partial charge is 0.447 e. The quantitative estimate of drug-likeness (QED) is 0.385. The summed E-state index contributed by atoms with van der Waals surface area (Å²) in [6.45, 7) is 3.03. The molecule has 0 radical (unpaired) electrons. The topological polar surface area (TPSA) is 59.9 Å². The van der Waals surface area contributed by atoms with E-state index >= 15 is 0 Å². The molecular weight excluding hydrogens is 438 g/mol. The molecule has 0 saturated heterocycles. The molecule has 0 aromatic heterocycles. The van der Waals surface area contributed by atoms with Gasteiger partial charge in [-0.1, -0.05) is 42.5 Å². The predicted molar refractivity (Wildman–Crippen MR) is 128 cm³/mol. The summed E-state index contributed by atoms with van der Waals surface area (Å²) in [4.78, 5) is 16.4. The lowest BCUT2D eigenvalue weighted by Gasteiger charge is -2.10. The molecule has 1 heterocycles. The van der Waals surface area contributed by atoms with E-state index in [2.05, 4.69) is 10.3 Å². The van der Waals surface area contributed by atoms with Crippen LogP contribution < -0.4 is 5.32 Å². The first kappa shape index (κ1) is 23.6. The molecular formula is C27H26F2N2O3. The average Bonchev–Trinajstić information content (AvgIpc) is 3.32. The molecule has 1 amide bonds. The summed E-state index contributed by atoms with van der Waals surface area (Å²) in [6.07, 6.45) is 0.722. The first-order valence-corrected chi connectivity index (χ1v) is 11.3. The second-order valence-electron chi connectivity index (χ2n) is 7.88. The van der Waals surface area contributed by atoms with E-state index in [4.69, 9.17) is 9.47 Å². The third kappa shape index (κ3) is 5.66. The fourth-order valence-corrected chi connectivity index (χ4v) is 3.93. The molecule has 3 aromatic carbocycles. The van der Waals surface area contributed by atoms with Gasteiger partial charge in [-0.15, -0.1) is 0 Å². The van der Waals surface area contributed by atoms with Crippen LogP contribution in [0.3, 0.4) is 0 Å². The SMILES string of the molecule is CCOCCOC(=O)Nc1ccc(-c2ccc(C3CCC(c4c(F)cccc4F)=N3)cc2)cc1.